The van der Waals surface area contributed by atoms with Crippen molar-refractivity contribution >= 4 is 10.8 Å². The van der Waals surface area contributed by atoms with Gasteiger partial charge in [-0.25, -0.2) is 14.4 Å². The average Bonchev–Trinajstić information content (AvgIpc) is 3.47. The van der Waals surface area contributed by atoms with Crippen LogP contribution in [0.1, 0.15) is 41.0 Å². The number of aromatic nitrogens is 2. The SMILES string of the molecule is Cc1cc(OCCCS(C)=O)ncc1-c1ccc(F)c(COc2cc3c(cn2)[C@@H]2CC2C3)c1. The molecule has 2 aliphatic rings. The van der Waals surface area contributed by atoms with Gasteiger partial charge in [0.05, 0.1) is 6.61 Å². The summed E-state index contributed by atoms with van der Waals surface area (Å²) in [4.78, 5) is 8.82. The third-order valence-corrected chi connectivity index (χ3v) is 7.31. The lowest BCUT2D eigenvalue weighted by Gasteiger charge is -2.12. The molecule has 0 amide bonds. The van der Waals surface area contributed by atoms with Crippen LogP contribution in [0, 0.1) is 18.7 Å². The van der Waals surface area contributed by atoms with E-state index in [-0.39, 0.29) is 12.4 Å². The van der Waals surface area contributed by atoms with Gasteiger partial charge in [-0.3, -0.25) is 4.21 Å². The van der Waals surface area contributed by atoms with Gasteiger partial charge in [-0.2, -0.15) is 0 Å². The van der Waals surface area contributed by atoms with Crippen LogP contribution in [0.5, 0.6) is 11.8 Å². The number of aryl methyl sites for hydroxylation is 1. The number of pyridine rings is 2. The Morgan fingerprint density at radius 3 is 2.76 bits per heavy atom. The second kappa shape index (κ2) is 9.21. The summed E-state index contributed by atoms with van der Waals surface area (Å²) in [6.07, 6.45) is 8.46. The van der Waals surface area contributed by atoms with Crippen LogP contribution in [0.2, 0.25) is 0 Å². The molecule has 2 heterocycles. The zero-order chi connectivity index (χ0) is 22.9. The predicted molar refractivity (Wildman–Crippen MR) is 127 cm³/mol. The van der Waals surface area contributed by atoms with Gasteiger partial charge in [-0.05, 0) is 72.4 Å². The lowest BCUT2D eigenvalue weighted by Crippen LogP contribution is -2.04. The van der Waals surface area contributed by atoms with Gasteiger partial charge in [-0.1, -0.05) is 6.07 Å². The van der Waals surface area contributed by atoms with E-state index in [9.17, 15) is 8.60 Å². The number of fused-ring (bicyclic) bond motifs is 3. The van der Waals surface area contributed by atoms with Crippen molar-refractivity contribution in [1.29, 1.82) is 0 Å². The second-order valence-electron chi connectivity index (χ2n) is 8.94. The quantitative estimate of drug-likeness (QED) is 0.417. The maximum absolute atomic E-state index is 14.5. The summed E-state index contributed by atoms with van der Waals surface area (Å²) in [6.45, 7) is 2.57. The highest BCUT2D eigenvalue weighted by Crippen LogP contribution is 2.56. The molecule has 7 heteroatoms. The molecule has 2 aromatic heterocycles. The van der Waals surface area contributed by atoms with Crippen molar-refractivity contribution in [3.05, 3.63) is 70.8 Å². The van der Waals surface area contributed by atoms with Gasteiger partial charge < -0.3 is 9.47 Å². The van der Waals surface area contributed by atoms with Crippen molar-refractivity contribution < 1.29 is 18.1 Å². The number of ether oxygens (including phenoxy) is 2. The number of benzene rings is 1. The average molecular weight is 467 g/mol. The Kier molecular flexibility index (Phi) is 6.15. The number of nitrogens with zero attached hydrogens (tertiary/aromatic N) is 2. The zero-order valence-corrected chi connectivity index (χ0v) is 19.7. The first-order valence-corrected chi connectivity index (χ1v) is 13.0. The molecule has 1 aromatic carbocycles. The maximum atomic E-state index is 14.5. The van der Waals surface area contributed by atoms with E-state index >= 15 is 0 Å². The second-order valence-corrected chi connectivity index (χ2v) is 10.5. The monoisotopic (exact) mass is 466 g/mol. The zero-order valence-electron chi connectivity index (χ0n) is 18.8. The predicted octanol–water partition coefficient (Wildman–Crippen LogP) is 4.98. The normalized spacial score (nSPS) is 19.0. The third-order valence-electron chi connectivity index (χ3n) is 6.45. The van der Waals surface area contributed by atoms with Crippen molar-refractivity contribution in [3.8, 4) is 22.9 Å². The highest BCUT2D eigenvalue weighted by atomic mass is 32.2. The molecule has 0 bridgehead atoms. The van der Waals surface area contributed by atoms with Gasteiger partial charge in [0.15, 0.2) is 0 Å². The largest absolute Gasteiger partial charge is 0.478 e. The van der Waals surface area contributed by atoms with Crippen molar-refractivity contribution in [3.63, 3.8) is 0 Å². The molecule has 0 spiro atoms. The van der Waals surface area contributed by atoms with Crippen LogP contribution in [0.15, 0.2) is 42.7 Å². The van der Waals surface area contributed by atoms with E-state index in [1.807, 2.05) is 25.3 Å². The number of rotatable bonds is 9. The Morgan fingerprint density at radius 1 is 1.12 bits per heavy atom. The summed E-state index contributed by atoms with van der Waals surface area (Å²) in [7, 11) is -0.820. The van der Waals surface area contributed by atoms with E-state index in [4.69, 9.17) is 9.47 Å². The molecule has 0 N–H and O–H groups in total. The molecule has 0 saturated heterocycles. The summed E-state index contributed by atoms with van der Waals surface area (Å²) in [5.41, 5.74) is 5.92. The molecular weight excluding hydrogens is 439 g/mol. The minimum absolute atomic E-state index is 0.116. The summed E-state index contributed by atoms with van der Waals surface area (Å²) < 4.78 is 37.2. The molecule has 1 fully saturated rings. The van der Waals surface area contributed by atoms with Crippen LogP contribution in [0.25, 0.3) is 11.1 Å². The van der Waals surface area contributed by atoms with Gasteiger partial charge in [0.25, 0.3) is 0 Å². The van der Waals surface area contributed by atoms with Crippen molar-refractivity contribution in [1.82, 2.24) is 9.97 Å². The maximum Gasteiger partial charge on any atom is 0.213 e. The lowest BCUT2D eigenvalue weighted by molar-refractivity contribution is 0.287. The standard InChI is InChI=1S/C26H27FN2O3S/c1-16-8-25(31-6-3-7-33(2)30)28-13-22(16)17-4-5-24(27)20(9-17)15-32-26-12-19-10-18-11-21(18)23(19)14-29-26/h4-5,8-9,12-14,18,21H,3,6-7,10-11,15H2,1-2H3/t18?,21-,33?/m1/s1. The Bertz CT molecular complexity index is 1220. The van der Waals surface area contributed by atoms with Crippen LogP contribution < -0.4 is 9.47 Å². The molecule has 3 aromatic rings. The summed E-state index contributed by atoms with van der Waals surface area (Å²) in [5.74, 6) is 2.88. The van der Waals surface area contributed by atoms with E-state index in [2.05, 4.69) is 9.97 Å². The molecule has 0 aliphatic heterocycles. The van der Waals surface area contributed by atoms with Crippen molar-refractivity contribution in [2.75, 3.05) is 18.6 Å². The van der Waals surface area contributed by atoms with Crippen molar-refractivity contribution in [2.24, 2.45) is 5.92 Å². The fourth-order valence-electron chi connectivity index (χ4n) is 4.57. The number of hydrogen-bond donors (Lipinski definition) is 0. The minimum atomic E-state index is -0.820. The Morgan fingerprint density at radius 2 is 1.94 bits per heavy atom. The van der Waals surface area contributed by atoms with E-state index in [0.717, 1.165) is 29.0 Å². The van der Waals surface area contributed by atoms with Gasteiger partial charge in [0.1, 0.15) is 12.4 Å². The topological polar surface area (TPSA) is 61.3 Å². The third kappa shape index (κ3) is 4.93. The van der Waals surface area contributed by atoms with E-state index in [1.54, 1.807) is 24.6 Å². The summed E-state index contributed by atoms with van der Waals surface area (Å²) in [5, 5.41) is 0. The molecule has 5 nitrogen and oxygen atoms in total. The van der Waals surface area contributed by atoms with E-state index in [1.165, 1.54) is 23.6 Å². The number of hydrogen-bond acceptors (Lipinski definition) is 5. The fourth-order valence-corrected chi connectivity index (χ4v) is 5.09. The van der Waals surface area contributed by atoms with Crippen LogP contribution in [-0.4, -0.2) is 32.8 Å². The van der Waals surface area contributed by atoms with Crippen molar-refractivity contribution in [2.45, 2.75) is 38.7 Å². The summed E-state index contributed by atoms with van der Waals surface area (Å²) >= 11 is 0. The molecule has 2 unspecified atom stereocenters. The number of halogens is 1. The van der Waals surface area contributed by atoms with Crippen LogP contribution in [0.3, 0.4) is 0 Å². The van der Waals surface area contributed by atoms with E-state index < -0.39 is 10.8 Å². The smallest absolute Gasteiger partial charge is 0.213 e. The van der Waals surface area contributed by atoms with Gasteiger partial charge in [0.2, 0.25) is 11.8 Å². The van der Waals surface area contributed by atoms with Crippen LogP contribution in [-0.2, 0) is 23.8 Å². The van der Waals surface area contributed by atoms with Gasteiger partial charge in [-0.15, -0.1) is 0 Å². The molecule has 3 atom stereocenters. The van der Waals surface area contributed by atoms with Crippen LogP contribution in [0.4, 0.5) is 4.39 Å². The van der Waals surface area contributed by atoms with Crippen LogP contribution >= 0.6 is 0 Å². The molecule has 5 rings (SSSR count). The molecular formula is C26H27FN2O3S. The molecule has 33 heavy (non-hydrogen) atoms. The molecule has 172 valence electrons. The Hall–Kier alpha value is -2.80. The minimum Gasteiger partial charge on any atom is -0.478 e. The first-order chi connectivity index (χ1) is 16.0. The van der Waals surface area contributed by atoms with Gasteiger partial charge in [0, 0.05) is 58.5 Å². The molecule has 2 aliphatic carbocycles. The fraction of sp³-hybridized carbons (Fsp3) is 0.385. The lowest BCUT2D eigenvalue weighted by atomic mass is 10.0. The van der Waals surface area contributed by atoms with Gasteiger partial charge >= 0.3 is 0 Å². The first-order valence-electron chi connectivity index (χ1n) is 11.3. The highest BCUT2D eigenvalue weighted by Gasteiger charge is 2.45. The van der Waals surface area contributed by atoms with E-state index in [0.29, 0.717) is 42.0 Å². The summed E-state index contributed by atoms with van der Waals surface area (Å²) in [6, 6.07) is 8.90. The first kappa shape index (κ1) is 22.0. The molecule has 0 radical (unpaired) electrons. The Labute approximate surface area is 195 Å². The highest BCUT2D eigenvalue weighted by molar-refractivity contribution is 7.84. The Balaban J connectivity index is 1.26. The molecule has 1 saturated carbocycles.